The molecule has 0 bridgehead atoms. The third kappa shape index (κ3) is 16.9. The van der Waals surface area contributed by atoms with Gasteiger partial charge in [0.15, 0.2) is 11.9 Å². The highest BCUT2D eigenvalue weighted by Crippen LogP contribution is 2.33. The number of carbonyl (C=O) groups excluding carboxylic acids is 7. The number of Topliss-reactive ketones (excluding diaryl/α,β-unsaturated/α-hetero) is 1. The Hall–Kier alpha value is -4.81. The summed E-state index contributed by atoms with van der Waals surface area (Å²) in [7, 11) is 2.92. The molecule has 61 heavy (non-hydrogen) atoms. The lowest BCUT2D eigenvalue weighted by atomic mass is 9.75. The van der Waals surface area contributed by atoms with Crippen LogP contribution < -0.4 is 16.0 Å². The molecule has 13 heteroatoms. The maximum absolute atomic E-state index is 14.2. The average molecular weight is 852 g/mol. The maximum Gasteiger partial charge on any atom is 0.334 e. The Bertz CT molecular complexity index is 1690. The van der Waals surface area contributed by atoms with Crippen molar-refractivity contribution in [3.05, 3.63) is 59.2 Å². The van der Waals surface area contributed by atoms with E-state index in [1.165, 1.54) is 30.8 Å². The first-order valence-corrected chi connectivity index (χ1v) is 22.1. The third-order valence-corrected chi connectivity index (χ3v) is 11.9. The molecule has 0 aromatic heterocycles. The number of ether oxygens (including phenoxy) is 1. The summed E-state index contributed by atoms with van der Waals surface area (Å²) >= 11 is 0. The Morgan fingerprint density at radius 1 is 0.869 bits per heavy atom. The molecule has 0 aliphatic carbocycles. The minimum Gasteiger partial charge on any atom is -0.449 e. The van der Waals surface area contributed by atoms with E-state index in [1.807, 2.05) is 91.8 Å². The number of nitrogens with one attached hydrogen (secondary N) is 3. The van der Waals surface area contributed by atoms with E-state index in [0.717, 1.165) is 11.1 Å². The standard InChI is InChI=1S/C46H71N5O8.C2H6/c1-14-28(5)36-25-38(52)33(10)47-43(55)41(29(6)15-2)49-40(53)26-50(12)45(57)37(24-35-19-17-16-18-20-35)51(13)44(56)34(11)48-42(54)39(23-27(3)4)59-46(58)31(8)22-21-30(7)32(36)9;1-2/h14,16-20,22,27,29-30,32-34,36-37,39,41H,15,21,23-26H2,1-13H3,(H,47,55)(H,48,54)(H,49,53);1-2H3/b28-14+,31-22+;. The molecule has 0 spiro atoms. The van der Waals surface area contributed by atoms with Crippen LogP contribution in [-0.4, -0.2) is 102 Å². The fourth-order valence-electron chi connectivity index (χ4n) is 7.19. The van der Waals surface area contributed by atoms with Crippen LogP contribution in [-0.2, 0) is 44.7 Å². The molecular weight excluding hydrogens is 775 g/mol. The number of cyclic esters (lactones) is 1. The second-order valence-corrected chi connectivity index (χ2v) is 17.0. The zero-order valence-corrected chi connectivity index (χ0v) is 39.7. The number of hydrogen-bond donors (Lipinski definition) is 3. The molecule has 5 amide bonds. The molecule has 9 atom stereocenters. The Morgan fingerprint density at radius 3 is 2.02 bits per heavy atom. The van der Waals surface area contributed by atoms with Gasteiger partial charge in [0.1, 0.15) is 18.1 Å². The number of likely N-dealkylation sites (N-methyl/N-ethyl adjacent to an activating group) is 2. The van der Waals surface area contributed by atoms with E-state index in [1.54, 1.807) is 19.9 Å². The highest BCUT2D eigenvalue weighted by atomic mass is 16.5. The summed E-state index contributed by atoms with van der Waals surface area (Å²) in [6.45, 7) is 23.9. The van der Waals surface area contributed by atoms with Gasteiger partial charge in [-0.15, -0.1) is 0 Å². The van der Waals surface area contributed by atoms with Crippen LogP contribution in [0.1, 0.15) is 121 Å². The predicted molar refractivity (Wildman–Crippen MR) is 241 cm³/mol. The second kappa shape index (κ2) is 26.5. The smallest absolute Gasteiger partial charge is 0.334 e. The van der Waals surface area contributed by atoms with Gasteiger partial charge in [-0.2, -0.15) is 0 Å². The second-order valence-electron chi connectivity index (χ2n) is 17.0. The molecule has 0 fully saturated rings. The van der Waals surface area contributed by atoms with Crippen LogP contribution in [0.2, 0.25) is 0 Å². The van der Waals surface area contributed by atoms with E-state index in [-0.39, 0.29) is 54.6 Å². The number of esters is 1. The van der Waals surface area contributed by atoms with Gasteiger partial charge in [0.25, 0.3) is 5.91 Å². The van der Waals surface area contributed by atoms with E-state index in [2.05, 4.69) is 29.8 Å². The lowest BCUT2D eigenvalue weighted by molar-refractivity contribution is -0.154. The molecule has 1 aromatic rings. The van der Waals surface area contributed by atoms with Gasteiger partial charge in [-0.25, -0.2) is 4.79 Å². The largest absolute Gasteiger partial charge is 0.449 e. The number of rotatable bonds is 7. The normalized spacial score (nSPS) is 28.1. The number of hydrogen-bond acceptors (Lipinski definition) is 8. The summed E-state index contributed by atoms with van der Waals surface area (Å²) in [6, 6.07) is 5.12. The van der Waals surface area contributed by atoms with Gasteiger partial charge in [-0.1, -0.05) is 110 Å². The fourth-order valence-corrected chi connectivity index (χ4v) is 7.19. The molecule has 3 N–H and O–H groups in total. The predicted octanol–water partition coefficient (Wildman–Crippen LogP) is 6.20. The Kier molecular flexibility index (Phi) is 23.6. The average Bonchev–Trinajstić information content (AvgIpc) is 3.23. The van der Waals surface area contributed by atoms with Crippen molar-refractivity contribution in [2.75, 3.05) is 20.6 Å². The minimum atomic E-state index is -1.18. The summed E-state index contributed by atoms with van der Waals surface area (Å²) in [5, 5.41) is 8.35. The van der Waals surface area contributed by atoms with Gasteiger partial charge in [0.2, 0.25) is 23.6 Å². The summed E-state index contributed by atoms with van der Waals surface area (Å²) < 4.78 is 5.77. The van der Waals surface area contributed by atoms with E-state index in [9.17, 15) is 33.6 Å². The molecule has 1 aliphatic heterocycles. The van der Waals surface area contributed by atoms with Gasteiger partial charge >= 0.3 is 5.97 Å². The van der Waals surface area contributed by atoms with Crippen LogP contribution in [0.25, 0.3) is 0 Å². The zero-order valence-electron chi connectivity index (χ0n) is 39.7. The van der Waals surface area contributed by atoms with Crippen molar-refractivity contribution < 1.29 is 38.3 Å². The first kappa shape index (κ1) is 54.2. The first-order chi connectivity index (χ1) is 28.6. The minimum absolute atomic E-state index is 0.00689. The summed E-state index contributed by atoms with van der Waals surface area (Å²) in [4.78, 5) is 98.7. The molecule has 9 unspecified atom stereocenters. The zero-order chi connectivity index (χ0) is 46.7. The van der Waals surface area contributed by atoms with Crippen molar-refractivity contribution in [2.45, 2.75) is 152 Å². The van der Waals surface area contributed by atoms with Crippen molar-refractivity contribution in [1.29, 1.82) is 0 Å². The molecule has 13 nitrogen and oxygen atoms in total. The molecule has 1 aromatic carbocycles. The van der Waals surface area contributed by atoms with E-state index < -0.39 is 72.3 Å². The number of carbonyl (C=O) groups is 7. The maximum atomic E-state index is 14.2. The van der Waals surface area contributed by atoms with Crippen LogP contribution in [0.15, 0.2) is 53.6 Å². The van der Waals surface area contributed by atoms with Crippen molar-refractivity contribution in [3.63, 3.8) is 0 Å². The first-order valence-electron chi connectivity index (χ1n) is 22.1. The van der Waals surface area contributed by atoms with E-state index in [0.29, 0.717) is 18.4 Å². The molecule has 1 aliphatic rings. The SMILES string of the molecule is C/C=C(\C)C1CC(=O)C(C)NC(=O)C(C(C)CC)NC(=O)CN(C)C(=O)C(Cc2ccccc2)N(C)C(=O)C(C)NC(=O)C(CC(C)C)OC(=O)/C(C)=C/CC(C)C1C.CC. The summed E-state index contributed by atoms with van der Waals surface area (Å²) in [5.74, 6) is -4.07. The van der Waals surface area contributed by atoms with Crippen LogP contribution in [0.4, 0.5) is 0 Å². The lowest BCUT2D eigenvalue weighted by Gasteiger charge is -2.33. The summed E-state index contributed by atoms with van der Waals surface area (Å²) in [5.41, 5.74) is 2.12. The Balaban J connectivity index is 0.00000916. The fraction of sp³-hybridized carbons (Fsp3) is 0.646. The molecule has 2 rings (SSSR count). The molecular formula is C48H77N5O8. The monoisotopic (exact) mass is 852 g/mol. The van der Waals surface area contributed by atoms with Crippen molar-refractivity contribution >= 4 is 41.3 Å². The third-order valence-electron chi connectivity index (χ3n) is 11.9. The topological polar surface area (TPSA) is 171 Å². The van der Waals surface area contributed by atoms with E-state index in [4.69, 9.17) is 4.74 Å². The molecule has 1 heterocycles. The summed E-state index contributed by atoms with van der Waals surface area (Å²) in [6.07, 6.45) is 4.15. The molecule has 342 valence electrons. The molecule has 0 saturated heterocycles. The van der Waals surface area contributed by atoms with Gasteiger partial charge < -0.3 is 30.5 Å². The van der Waals surface area contributed by atoms with Gasteiger partial charge in [-0.05, 0) is 82.6 Å². The van der Waals surface area contributed by atoms with Crippen molar-refractivity contribution in [3.8, 4) is 0 Å². The van der Waals surface area contributed by atoms with Crippen LogP contribution in [0, 0.1) is 29.6 Å². The highest BCUT2D eigenvalue weighted by Gasteiger charge is 2.36. The number of benzene rings is 1. The number of amides is 5. The number of allylic oxidation sites excluding steroid dienone is 3. The van der Waals surface area contributed by atoms with Crippen LogP contribution >= 0.6 is 0 Å². The Morgan fingerprint density at radius 2 is 1.46 bits per heavy atom. The van der Waals surface area contributed by atoms with Gasteiger partial charge in [0, 0.05) is 32.5 Å². The van der Waals surface area contributed by atoms with Crippen LogP contribution in [0.5, 0.6) is 0 Å². The number of nitrogens with zero attached hydrogens (tertiary/aromatic N) is 2. The molecule has 0 radical (unpaired) electrons. The van der Waals surface area contributed by atoms with Crippen LogP contribution in [0.3, 0.4) is 0 Å². The van der Waals surface area contributed by atoms with Crippen molar-refractivity contribution in [1.82, 2.24) is 25.8 Å². The highest BCUT2D eigenvalue weighted by molar-refractivity contribution is 5.96. The number of ketones is 1. The van der Waals surface area contributed by atoms with Gasteiger partial charge in [-0.3, -0.25) is 28.8 Å². The van der Waals surface area contributed by atoms with E-state index >= 15 is 0 Å². The molecule has 0 saturated carbocycles. The lowest BCUT2D eigenvalue weighted by Crippen LogP contribution is -2.57. The quantitative estimate of drug-likeness (QED) is 0.215. The Labute approximate surface area is 366 Å². The van der Waals surface area contributed by atoms with Crippen molar-refractivity contribution in [2.24, 2.45) is 29.6 Å². The van der Waals surface area contributed by atoms with Gasteiger partial charge in [0.05, 0.1) is 12.6 Å².